The number of ether oxygens (including phenoxy) is 1. The van der Waals surface area contributed by atoms with Crippen LogP contribution >= 0.6 is 15.9 Å². The molecule has 2 unspecified atom stereocenters. The first-order valence-corrected chi connectivity index (χ1v) is 5.90. The largest absolute Gasteiger partial charge is 0.381 e. The average Bonchev–Trinajstić information content (AvgIpc) is 2.71. The molecule has 2 rings (SSSR count). The lowest BCUT2D eigenvalue weighted by Crippen LogP contribution is -2.09. The molecule has 1 aliphatic heterocycles. The fraction of sp³-hybridized carbons (Fsp3) is 0.500. The highest BCUT2D eigenvalue weighted by atomic mass is 79.9. The average molecular weight is 255 g/mol. The highest BCUT2D eigenvalue weighted by Crippen LogP contribution is 2.30. The van der Waals surface area contributed by atoms with Crippen molar-refractivity contribution in [2.45, 2.75) is 19.3 Å². The van der Waals surface area contributed by atoms with Crippen molar-refractivity contribution < 1.29 is 4.74 Å². The van der Waals surface area contributed by atoms with Gasteiger partial charge in [0.05, 0.1) is 6.61 Å². The van der Waals surface area contributed by atoms with Crippen molar-refractivity contribution in [1.82, 2.24) is 0 Å². The first-order chi connectivity index (χ1) is 6.77. The lowest BCUT2D eigenvalue weighted by Gasteiger charge is -2.17. The van der Waals surface area contributed by atoms with Crippen LogP contribution in [0.2, 0.25) is 0 Å². The Bertz CT molecular complexity index is 288. The Hall–Kier alpha value is -0.340. The zero-order valence-corrected chi connectivity index (χ0v) is 9.96. The number of benzene rings is 1. The molecule has 14 heavy (non-hydrogen) atoms. The molecule has 1 aromatic carbocycles. The van der Waals surface area contributed by atoms with Crippen LogP contribution in [0.4, 0.5) is 0 Å². The first kappa shape index (κ1) is 10.2. The summed E-state index contributed by atoms with van der Waals surface area (Å²) < 4.78 is 6.56. The van der Waals surface area contributed by atoms with Gasteiger partial charge in [-0.2, -0.15) is 0 Å². The molecule has 0 amide bonds. The minimum absolute atomic E-state index is 0.616. The van der Waals surface area contributed by atoms with Gasteiger partial charge in [-0.1, -0.05) is 35.0 Å². The molecule has 2 heteroatoms. The molecule has 0 saturated carbocycles. The Morgan fingerprint density at radius 3 is 2.64 bits per heavy atom. The second kappa shape index (κ2) is 4.45. The smallest absolute Gasteiger partial charge is 0.0500 e. The molecule has 1 saturated heterocycles. The van der Waals surface area contributed by atoms with E-state index in [0.717, 1.165) is 17.7 Å². The van der Waals surface area contributed by atoms with Gasteiger partial charge in [-0.15, -0.1) is 0 Å². The molecule has 1 nitrogen and oxygen atoms in total. The maximum atomic E-state index is 5.41. The molecule has 0 bridgehead atoms. The number of hydrogen-bond donors (Lipinski definition) is 0. The van der Waals surface area contributed by atoms with Crippen molar-refractivity contribution in [1.29, 1.82) is 0 Å². The van der Waals surface area contributed by atoms with Crippen LogP contribution in [0.15, 0.2) is 28.7 Å². The summed E-state index contributed by atoms with van der Waals surface area (Å²) in [5.74, 6) is 1.32. The highest BCUT2D eigenvalue weighted by molar-refractivity contribution is 9.10. The Morgan fingerprint density at radius 2 is 2.07 bits per heavy atom. The van der Waals surface area contributed by atoms with Gasteiger partial charge >= 0.3 is 0 Å². The summed E-state index contributed by atoms with van der Waals surface area (Å²) in [4.78, 5) is 0. The molecular formula is C12H15BrO. The number of rotatable bonds is 2. The van der Waals surface area contributed by atoms with Crippen molar-refractivity contribution in [3.8, 4) is 0 Å². The molecule has 2 atom stereocenters. The van der Waals surface area contributed by atoms with Crippen molar-refractivity contribution in [2.24, 2.45) is 5.92 Å². The van der Waals surface area contributed by atoms with Gasteiger partial charge in [-0.25, -0.2) is 0 Å². The molecule has 0 aliphatic carbocycles. The van der Waals surface area contributed by atoms with Gasteiger partial charge in [0.15, 0.2) is 0 Å². The maximum Gasteiger partial charge on any atom is 0.0500 e. The second-order valence-electron chi connectivity index (χ2n) is 3.96. The minimum atomic E-state index is 0.616. The molecule has 1 aromatic rings. The molecule has 0 aromatic heterocycles. The predicted molar refractivity (Wildman–Crippen MR) is 61.5 cm³/mol. The molecule has 1 heterocycles. The zero-order chi connectivity index (χ0) is 9.97. The standard InChI is InChI=1S/C12H15BrO/c1-9(11-6-7-14-8-11)10-2-4-12(13)5-3-10/h2-5,9,11H,6-8H2,1H3. The summed E-state index contributed by atoms with van der Waals surface area (Å²) in [6.07, 6.45) is 1.21. The zero-order valence-electron chi connectivity index (χ0n) is 8.37. The van der Waals surface area contributed by atoms with Gasteiger partial charge in [-0.3, -0.25) is 0 Å². The summed E-state index contributed by atoms with van der Waals surface area (Å²) in [6, 6.07) is 8.63. The lowest BCUT2D eigenvalue weighted by molar-refractivity contribution is 0.181. The minimum Gasteiger partial charge on any atom is -0.381 e. The highest BCUT2D eigenvalue weighted by Gasteiger charge is 2.23. The molecule has 0 N–H and O–H groups in total. The van der Waals surface area contributed by atoms with Crippen LogP contribution < -0.4 is 0 Å². The van der Waals surface area contributed by atoms with Crippen molar-refractivity contribution in [3.63, 3.8) is 0 Å². The van der Waals surface area contributed by atoms with Crippen molar-refractivity contribution >= 4 is 15.9 Å². The summed E-state index contributed by atoms with van der Waals surface area (Å²) in [5.41, 5.74) is 1.42. The van der Waals surface area contributed by atoms with Crippen LogP contribution in [-0.4, -0.2) is 13.2 Å². The third-order valence-corrected chi connectivity index (χ3v) is 3.60. The van der Waals surface area contributed by atoms with E-state index in [1.54, 1.807) is 0 Å². The summed E-state index contributed by atoms with van der Waals surface area (Å²) in [6.45, 7) is 4.16. The van der Waals surface area contributed by atoms with Crippen LogP contribution in [0.1, 0.15) is 24.8 Å². The van der Waals surface area contributed by atoms with E-state index in [1.807, 2.05) is 0 Å². The second-order valence-corrected chi connectivity index (χ2v) is 4.88. The van der Waals surface area contributed by atoms with E-state index in [-0.39, 0.29) is 0 Å². The molecule has 76 valence electrons. The van der Waals surface area contributed by atoms with Gasteiger partial charge < -0.3 is 4.74 Å². The van der Waals surface area contributed by atoms with Gasteiger partial charge in [-0.05, 0) is 36.0 Å². The maximum absolute atomic E-state index is 5.41. The predicted octanol–water partition coefficient (Wildman–Crippen LogP) is 3.59. The molecule has 0 radical (unpaired) electrons. The van der Waals surface area contributed by atoms with Crippen LogP contribution in [0.5, 0.6) is 0 Å². The van der Waals surface area contributed by atoms with E-state index in [1.165, 1.54) is 12.0 Å². The molecule has 1 fully saturated rings. The summed E-state index contributed by atoms with van der Waals surface area (Å²) in [7, 11) is 0. The molecular weight excluding hydrogens is 240 g/mol. The van der Waals surface area contributed by atoms with E-state index in [4.69, 9.17) is 4.74 Å². The Kier molecular flexibility index (Phi) is 3.24. The third-order valence-electron chi connectivity index (χ3n) is 3.07. The normalized spacial score (nSPS) is 23.7. The van der Waals surface area contributed by atoms with Gasteiger partial charge in [0, 0.05) is 11.1 Å². The van der Waals surface area contributed by atoms with Crippen LogP contribution in [0, 0.1) is 5.92 Å². The van der Waals surface area contributed by atoms with Crippen molar-refractivity contribution in [3.05, 3.63) is 34.3 Å². The van der Waals surface area contributed by atoms with E-state index in [2.05, 4.69) is 47.1 Å². The number of hydrogen-bond acceptors (Lipinski definition) is 1. The van der Waals surface area contributed by atoms with Gasteiger partial charge in [0.25, 0.3) is 0 Å². The topological polar surface area (TPSA) is 9.23 Å². The molecule has 1 aliphatic rings. The van der Waals surface area contributed by atoms with Gasteiger partial charge in [0.1, 0.15) is 0 Å². The van der Waals surface area contributed by atoms with Crippen LogP contribution in [0.25, 0.3) is 0 Å². The molecule has 0 spiro atoms. The summed E-state index contributed by atoms with van der Waals surface area (Å²) in [5, 5.41) is 0. The van der Waals surface area contributed by atoms with E-state index in [0.29, 0.717) is 11.8 Å². The fourth-order valence-electron chi connectivity index (χ4n) is 1.99. The SMILES string of the molecule is CC(c1ccc(Br)cc1)C1CCOC1. The Labute approximate surface area is 93.6 Å². The number of halogens is 1. The first-order valence-electron chi connectivity index (χ1n) is 5.10. The van der Waals surface area contributed by atoms with Gasteiger partial charge in [0.2, 0.25) is 0 Å². The fourth-order valence-corrected chi connectivity index (χ4v) is 2.25. The van der Waals surface area contributed by atoms with Crippen LogP contribution in [0.3, 0.4) is 0 Å². The van der Waals surface area contributed by atoms with Crippen molar-refractivity contribution in [2.75, 3.05) is 13.2 Å². The third kappa shape index (κ3) is 2.18. The Morgan fingerprint density at radius 1 is 1.36 bits per heavy atom. The monoisotopic (exact) mass is 254 g/mol. The quantitative estimate of drug-likeness (QED) is 0.784. The van der Waals surface area contributed by atoms with E-state index < -0.39 is 0 Å². The summed E-state index contributed by atoms with van der Waals surface area (Å²) >= 11 is 3.45. The Balaban J connectivity index is 2.09. The van der Waals surface area contributed by atoms with E-state index in [9.17, 15) is 0 Å². The van der Waals surface area contributed by atoms with E-state index >= 15 is 0 Å². The van der Waals surface area contributed by atoms with Crippen LogP contribution in [-0.2, 0) is 4.74 Å². The lowest BCUT2D eigenvalue weighted by atomic mass is 9.87.